The third-order valence-electron chi connectivity index (χ3n) is 4.16. The van der Waals surface area contributed by atoms with Gasteiger partial charge in [0, 0.05) is 41.4 Å². The lowest BCUT2D eigenvalue weighted by molar-refractivity contribution is 0.465. The van der Waals surface area contributed by atoms with Gasteiger partial charge in [-0.25, -0.2) is 4.98 Å². The molecule has 1 aromatic heterocycles. The van der Waals surface area contributed by atoms with Gasteiger partial charge in [-0.1, -0.05) is 6.92 Å². The lowest BCUT2D eigenvalue weighted by Gasteiger charge is -2.37. The Kier molecular flexibility index (Phi) is 4.51. The summed E-state index contributed by atoms with van der Waals surface area (Å²) in [5.41, 5.74) is 1.39. The number of halogens is 1. The number of hydrogen-bond donors (Lipinski definition) is 1. The van der Waals surface area contributed by atoms with Gasteiger partial charge in [0.25, 0.3) is 0 Å². The minimum Gasteiger partial charge on any atom is -0.354 e. The second-order valence-corrected chi connectivity index (χ2v) is 6.93. The van der Waals surface area contributed by atoms with E-state index in [9.17, 15) is 0 Å². The van der Waals surface area contributed by atoms with Gasteiger partial charge in [-0.3, -0.25) is 0 Å². The molecule has 0 bridgehead atoms. The number of hydrogen-bond acceptors (Lipinski definition) is 3. The predicted octanol–water partition coefficient (Wildman–Crippen LogP) is 3.72. The summed E-state index contributed by atoms with van der Waals surface area (Å²) in [4.78, 5) is 6.92. The Morgan fingerprint density at radius 2 is 2.16 bits per heavy atom. The quantitative estimate of drug-likeness (QED) is 0.863. The number of pyridine rings is 1. The molecule has 1 aliphatic rings. The largest absolute Gasteiger partial charge is 0.354 e. The molecule has 2 rings (SSSR count). The van der Waals surface area contributed by atoms with Crippen LogP contribution in [0.25, 0.3) is 0 Å². The molecule has 1 N–H and O–H groups in total. The van der Waals surface area contributed by atoms with E-state index in [0.717, 1.165) is 29.3 Å². The molecule has 19 heavy (non-hydrogen) atoms. The maximum Gasteiger partial charge on any atom is 0.133 e. The highest BCUT2D eigenvalue weighted by Gasteiger charge is 2.25. The molecule has 3 nitrogen and oxygen atoms in total. The molecule has 0 saturated heterocycles. The highest BCUT2D eigenvalue weighted by molar-refractivity contribution is 9.10. The van der Waals surface area contributed by atoms with Gasteiger partial charge in [0.05, 0.1) is 0 Å². The van der Waals surface area contributed by atoms with Crippen molar-refractivity contribution in [3.05, 3.63) is 22.3 Å². The van der Waals surface area contributed by atoms with Crippen LogP contribution in [0.1, 0.15) is 45.6 Å². The first-order valence-corrected chi connectivity index (χ1v) is 7.85. The van der Waals surface area contributed by atoms with Crippen molar-refractivity contribution in [3.63, 3.8) is 0 Å². The topological polar surface area (TPSA) is 28.2 Å². The minimum absolute atomic E-state index is 0.120. The Hall–Kier alpha value is -0.610. The first kappa shape index (κ1) is 14.8. The molecule has 1 heterocycles. The van der Waals surface area contributed by atoms with E-state index in [-0.39, 0.29) is 5.54 Å². The average molecular weight is 326 g/mol. The lowest BCUT2D eigenvalue weighted by atomic mass is 9.99. The number of anilines is 1. The molecule has 4 heteroatoms. The van der Waals surface area contributed by atoms with E-state index < -0.39 is 0 Å². The Morgan fingerprint density at radius 1 is 1.47 bits per heavy atom. The van der Waals surface area contributed by atoms with E-state index in [1.807, 2.05) is 6.20 Å². The van der Waals surface area contributed by atoms with Crippen molar-refractivity contribution >= 4 is 21.7 Å². The van der Waals surface area contributed by atoms with Crippen molar-refractivity contribution in [2.75, 3.05) is 11.9 Å². The second kappa shape index (κ2) is 5.80. The Labute approximate surface area is 124 Å². The van der Waals surface area contributed by atoms with Crippen LogP contribution in [-0.2, 0) is 6.54 Å². The van der Waals surface area contributed by atoms with Gasteiger partial charge in [0.15, 0.2) is 0 Å². The molecule has 1 aromatic rings. The fraction of sp³-hybridized carbons (Fsp3) is 0.667. The SMILES string of the molecule is CCC(C)(C)N(C)c1ncc(Br)cc1CNC1CC1. The van der Waals surface area contributed by atoms with Crippen LogP contribution in [0.2, 0.25) is 0 Å². The summed E-state index contributed by atoms with van der Waals surface area (Å²) < 4.78 is 1.05. The van der Waals surface area contributed by atoms with E-state index in [1.54, 1.807) is 0 Å². The van der Waals surface area contributed by atoms with Gasteiger partial charge < -0.3 is 10.2 Å². The van der Waals surface area contributed by atoms with Crippen molar-refractivity contribution in [2.45, 2.75) is 58.2 Å². The summed E-state index contributed by atoms with van der Waals surface area (Å²) in [7, 11) is 2.14. The first-order chi connectivity index (χ1) is 8.94. The van der Waals surface area contributed by atoms with Crippen LogP contribution < -0.4 is 10.2 Å². The lowest BCUT2D eigenvalue weighted by Crippen LogP contribution is -2.41. The molecular formula is C15H24BrN3. The van der Waals surface area contributed by atoms with Crippen LogP contribution in [0, 0.1) is 0 Å². The maximum atomic E-state index is 4.63. The third kappa shape index (κ3) is 3.69. The normalized spacial score (nSPS) is 15.6. The van der Waals surface area contributed by atoms with Gasteiger partial charge in [0.1, 0.15) is 5.82 Å². The van der Waals surface area contributed by atoms with E-state index in [4.69, 9.17) is 0 Å². The smallest absolute Gasteiger partial charge is 0.133 e. The van der Waals surface area contributed by atoms with Gasteiger partial charge in [-0.2, -0.15) is 0 Å². The molecule has 0 unspecified atom stereocenters. The molecular weight excluding hydrogens is 302 g/mol. The molecule has 1 fully saturated rings. The molecule has 0 spiro atoms. The summed E-state index contributed by atoms with van der Waals surface area (Å²) in [5.74, 6) is 1.09. The van der Waals surface area contributed by atoms with Crippen LogP contribution in [0.3, 0.4) is 0 Å². The Balaban J connectivity index is 2.21. The first-order valence-electron chi connectivity index (χ1n) is 7.05. The summed E-state index contributed by atoms with van der Waals surface area (Å²) >= 11 is 3.53. The molecule has 106 valence electrons. The van der Waals surface area contributed by atoms with Gasteiger partial charge in [-0.15, -0.1) is 0 Å². The van der Waals surface area contributed by atoms with Gasteiger partial charge >= 0.3 is 0 Å². The van der Waals surface area contributed by atoms with Gasteiger partial charge in [0.2, 0.25) is 0 Å². The minimum atomic E-state index is 0.120. The van der Waals surface area contributed by atoms with Crippen molar-refractivity contribution < 1.29 is 0 Å². The maximum absolute atomic E-state index is 4.63. The summed E-state index contributed by atoms with van der Waals surface area (Å²) in [6.45, 7) is 7.64. The number of aromatic nitrogens is 1. The highest BCUT2D eigenvalue weighted by atomic mass is 79.9. The van der Waals surface area contributed by atoms with Crippen LogP contribution in [0.15, 0.2) is 16.7 Å². The van der Waals surface area contributed by atoms with E-state index in [2.05, 4.69) is 65.0 Å². The molecule has 0 aromatic carbocycles. The van der Waals surface area contributed by atoms with Crippen molar-refractivity contribution in [3.8, 4) is 0 Å². The molecule has 0 aliphatic heterocycles. The number of nitrogens with one attached hydrogen (secondary N) is 1. The zero-order valence-corrected chi connectivity index (χ0v) is 13.9. The van der Waals surface area contributed by atoms with Crippen LogP contribution >= 0.6 is 15.9 Å². The third-order valence-corrected chi connectivity index (χ3v) is 4.59. The van der Waals surface area contributed by atoms with Crippen LogP contribution in [0.5, 0.6) is 0 Å². The van der Waals surface area contributed by atoms with E-state index in [0.29, 0.717) is 0 Å². The van der Waals surface area contributed by atoms with Crippen LogP contribution in [0.4, 0.5) is 5.82 Å². The Bertz CT molecular complexity index is 441. The van der Waals surface area contributed by atoms with Crippen molar-refractivity contribution in [1.82, 2.24) is 10.3 Å². The Morgan fingerprint density at radius 3 is 2.74 bits per heavy atom. The predicted molar refractivity (Wildman–Crippen MR) is 84.6 cm³/mol. The number of rotatable bonds is 6. The number of nitrogens with zero attached hydrogens (tertiary/aromatic N) is 2. The summed E-state index contributed by atoms with van der Waals surface area (Å²) in [6.07, 6.45) is 5.61. The molecule has 0 radical (unpaired) electrons. The van der Waals surface area contributed by atoms with E-state index in [1.165, 1.54) is 18.4 Å². The zero-order chi connectivity index (χ0) is 14.0. The fourth-order valence-electron chi connectivity index (χ4n) is 1.97. The molecule has 1 aliphatic carbocycles. The summed E-state index contributed by atoms with van der Waals surface area (Å²) in [6, 6.07) is 2.90. The zero-order valence-electron chi connectivity index (χ0n) is 12.3. The molecule has 1 saturated carbocycles. The second-order valence-electron chi connectivity index (χ2n) is 6.02. The molecule has 0 atom stereocenters. The summed E-state index contributed by atoms with van der Waals surface area (Å²) in [5, 5.41) is 3.58. The van der Waals surface area contributed by atoms with Gasteiger partial charge in [-0.05, 0) is 55.1 Å². The highest BCUT2D eigenvalue weighted by Crippen LogP contribution is 2.28. The average Bonchev–Trinajstić information content (AvgIpc) is 3.19. The monoisotopic (exact) mass is 325 g/mol. The van der Waals surface area contributed by atoms with Crippen molar-refractivity contribution in [1.29, 1.82) is 0 Å². The van der Waals surface area contributed by atoms with E-state index >= 15 is 0 Å². The van der Waals surface area contributed by atoms with Crippen molar-refractivity contribution in [2.24, 2.45) is 0 Å². The molecule has 0 amide bonds. The van der Waals surface area contributed by atoms with Crippen LogP contribution in [-0.4, -0.2) is 23.6 Å². The standard InChI is InChI=1S/C15H24BrN3/c1-5-15(2,3)19(4)14-11(8-12(16)10-18-14)9-17-13-6-7-13/h8,10,13,17H,5-7,9H2,1-4H3. The fourth-order valence-corrected chi connectivity index (χ4v) is 2.35.